The molecule has 0 bridgehead atoms. The second-order valence-corrected chi connectivity index (χ2v) is 11.9. The van der Waals surface area contributed by atoms with Crippen LogP contribution in [-0.4, -0.2) is 10.8 Å². The fraction of sp³-hybridized carbons (Fsp3) is 0.0556. The zero-order valence-electron chi connectivity index (χ0n) is 22.6. The Balaban J connectivity index is 1.45. The third-order valence-corrected chi connectivity index (χ3v) is 8.77. The van der Waals surface area contributed by atoms with E-state index < -0.39 is 5.92 Å². The van der Waals surface area contributed by atoms with E-state index in [9.17, 15) is 9.90 Å². The molecule has 6 aromatic rings. The van der Waals surface area contributed by atoms with E-state index in [1.807, 2.05) is 97.1 Å². The van der Waals surface area contributed by atoms with Crippen molar-refractivity contribution in [3.8, 4) is 16.2 Å². The summed E-state index contributed by atoms with van der Waals surface area (Å²) in [6, 6.07) is 43.6. The number of hydrogen-bond donors (Lipinski definition) is 2. The van der Waals surface area contributed by atoms with Crippen molar-refractivity contribution in [1.82, 2.24) is 0 Å². The van der Waals surface area contributed by atoms with E-state index in [1.54, 1.807) is 0 Å². The van der Waals surface area contributed by atoms with Gasteiger partial charge in [0.1, 0.15) is 0 Å². The number of fused-ring (bicyclic) bond motifs is 1. The number of anilines is 1. The van der Waals surface area contributed by atoms with Gasteiger partial charge in [-0.1, -0.05) is 124 Å². The minimum absolute atomic E-state index is 0.0357. The molecular formula is C36H27BrN2O2S. The number of para-hydroxylation sites is 1. The first-order valence-electron chi connectivity index (χ1n) is 13.6. The van der Waals surface area contributed by atoms with Gasteiger partial charge in [-0.2, -0.15) is 5.10 Å². The second-order valence-electron chi connectivity index (χ2n) is 9.93. The number of hydrogen-bond acceptors (Lipinski definition) is 5. The van der Waals surface area contributed by atoms with Crippen molar-refractivity contribution in [1.29, 1.82) is 0 Å². The molecule has 0 saturated heterocycles. The van der Waals surface area contributed by atoms with Gasteiger partial charge in [0.2, 0.25) is 0 Å². The van der Waals surface area contributed by atoms with Crippen molar-refractivity contribution in [3.05, 3.63) is 165 Å². The van der Waals surface area contributed by atoms with E-state index >= 15 is 0 Å². The van der Waals surface area contributed by atoms with Crippen LogP contribution in [0.2, 0.25) is 0 Å². The van der Waals surface area contributed by atoms with Gasteiger partial charge in [-0.05, 0) is 58.7 Å². The van der Waals surface area contributed by atoms with Gasteiger partial charge in [0.05, 0.1) is 17.0 Å². The standard InChI is InChI=1S/C36H27BrN2O2S/c37-28-21-19-25(20-22-28)24-15-17-27(18-16-24)32(39-38-29-11-5-2-6-12-29)23-31(26-9-3-1-4-10-26)34-35(40)30-13-7-8-14-33(30)42-36(34)41/h1-22,31,38,41H,23H2/t31-/m0/s1. The van der Waals surface area contributed by atoms with Crippen molar-refractivity contribution in [3.63, 3.8) is 0 Å². The average Bonchev–Trinajstić information content (AvgIpc) is 3.03. The summed E-state index contributed by atoms with van der Waals surface area (Å²) in [5, 5.41) is 16.8. The lowest BCUT2D eigenvalue weighted by atomic mass is 9.85. The van der Waals surface area contributed by atoms with Gasteiger partial charge >= 0.3 is 0 Å². The van der Waals surface area contributed by atoms with Gasteiger partial charge in [0.15, 0.2) is 10.5 Å². The Morgan fingerprint density at radius 2 is 1.36 bits per heavy atom. The highest BCUT2D eigenvalue weighted by atomic mass is 79.9. The predicted molar refractivity (Wildman–Crippen MR) is 179 cm³/mol. The maximum absolute atomic E-state index is 13.9. The quantitative estimate of drug-likeness (QED) is 0.130. The van der Waals surface area contributed by atoms with Crippen LogP contribution in [0, 0.1) is 0 Å². The Morgan fingerprint density at radius 1 is 0.762 bits per heavy atom. The number of halogens is 1. The molecule has 0 saturated carbocycles. The highest BCUT2D eigenvalue weighted by Gasteiger charge is 2.26. The van der Waals surface area contributed by atoms with Crippen LogP contribution in [0.3, 0.4) is 0 Å². The molecule has 2 N–H and O–H groups in total. The van der Waals surface area contributed by atoms with Crippen LogP contribution in [0.15, 0.2) is 148 Å². The number of rotatable bonds is 8. The summed E-state index contributed by atoms with van der Waals surface area (Å²) in [6.45, 7) is 0. The Hall–Kier alpha value is -4.52. The summed E-state index contributed by atoms with van der Waals surface area (Å²) in [7, 11) is 0. The Kier molecular flexibility index (Phi) is 8.26. The van der Waals surface area contributed by atoms with Crippen molar-refractivity contribution < 1.29 is 5.11 Å². The maximum Gasteiger partial charge on any atom is 0.195 e. The third kappa shape index (κ3) is 6.05. The predicted octanol–water partition coefficient (Wildman–Crippen LogP) is 9.43. The smallest absolute Gasteiger partial charge is 0.195 e. The summed E-state index contributed by atoms with van der Waals surface area (Å²) in [4.78, 5) is 13.9. The molecule has 1 heterocycles. The molecule has 0 radical (unpaired) electrons. The Morgan fingerprint density at radius 3 is 2.05 bits per heavy atom. The van der Waals surface area contributed by atoms with Crippen LogP contribution in [0.5, 0.6) is 5.06 Å². The molecule has 0 amide bonds. The molecule has 0 aliphatic carbocycles. The van der Waals surface area contributed by atoms with Crippen molar-refractivity contribution in [2.24, 2.45) is 5.10 Å². The maximum atomic E-state index is 13.9. The zero-order chi connectivity index (χ0) is 28.9. The SMILES string of the molecule is O=c1c([C@@H](CC(=NNc2ccccc2)c2ccc(-c3ccc(Br)cc3)cc2)c2ccccc2)c(O)sc2ccccc12. The molecule has 1 aromatic heterocycles. The highest BCUT2D eigenvalue weighted by Crippen LogP contribution is 2.38. The lowest BCUT2D eigenvalue weighted by Crippen LogP contribution is -2.18. The molecule has 0 unspecified atom stereocenters. The molecule has 0 fully saturated rings. The molecule has 42 heavy (non-hydrogen) atoms. The van der Waals surface area contributed by atoms with Crippen LogP contribution >= 0.6 is 27.3 Å². The van der Waals surface area contributed by atoms with Gasteiger partial charge in [-0.25, -0.2) is 0 Å². The number of nitrogens with one attached hydrogen (secondary N) is 1. The first kappa shape index (κ1) is 27.6. The topological polar surface area (TPSA) is 61.7 Å². The molecule has 0 aliphatic heterocycles. The Bertz CT molecular complexity index is 1900. The fourth-order valence-electron chi connectivity index (χ4n) is 5.09. The first-order chi connectivity index (χ1) is 20.6. The van der Waals surface area contributed by atoms with Crippen LogP contribution in [0.1, 0.15) is 29.0 Å². The van der Waals surface area contributed by atoms with Gasteiger partial charge in [-0.15, -0.1) is 0 Å². The number of benzene rings is 5. The fourth-order valence-corrected chi connectivity index (χ4v) is 6.32. The molecule has 0 spiro atoms. The van der Waals surface area contributed by atoms with E-state index in [2.05, 4.69) is 57.8 Å². The summed E-state index contributed by atoms with van der Waals surface area (Å²) in [5.41, 5.74) is 9.15. The van der Waals surface area contributed by atoms with E-state index in [0.29, 0.717) is 17.4 Å². The first-order valence-corrected chi connectivity index (χ1v) is 15.2. The zero-order valence-corrected chi connectivity index (χ0v) is 25.0. The lowest BCUT2D eigenvalue weighted by Gasteiger charge is -2.20. The number of nitrogens with zero attached hydrogens (tertiary/aromatic N) is 1. The monoisotopic (exact) mass is 630 g/mol. The normalized spacial score (nSPS) is 12.3. The summed E-state index contributed by atoms with van der Waals surface area (Å²) >= 11 is 4.74. The van der Waals surface area contributed by atoms with Gasteiger partial charge in [0, 0.05) is 26.9 Å². The summed E-state index contributed by atoms with van der Waals surface area (Å²) in [6.07, 6.45) is 0.398. The summed E-state index contributed by atoms with van der Waals surface area (Å²) in [5.74, 6) is -0.415. The lowest BCUT2D eigenvalue weighted by molar-refractivity contribution is 0.480. The molecular weight excluding hydrogens is 604 g/mol. The van der Waals surface area contributed by atoms with Crippen molar-refractivity contribution in [2.45, 2.75) is 12.3 Å². The number of aromatic hydroxyl groups is 1. The van der Waals surface area contributed by atoms with Crippen molar-refractivity contribution in [2.75, 3.05) is 5.43 Å². The minimum Gasteiger partial charge on any atom is -0.499 e. The molecule has 206 valence electrons. The molecule has 5 aromatic carbocycles. The van der Waals surface area contributed by atoms with Gasteiger partial charge < -0.3 is 5.11 Å². The molecule has 6 rings (SSSR count). The van der Waals surface area contributed by atoms with E-state index in [-0.39, 0.29) is 10.5 Å². The van der Waals surface area contributed by atoms with Crippen LogP contribution in [-0.2, 0) is 0 Å². The van der Waals surface area contributed by atoms with Gasteiger partial charge in [-0.3, -0.25) is 10.2 Å². The van der Waals surface area contributed by atoms with Crippen LogP contribution in [0.4, 0.5) is 5.69 Å². The van der Waals surface area contributed by atoms with Crippen molar-refractivity contribution >= 4 is 48.8 Å². The average molecular weight is 632 g/mol. The van der Waals surface area contributed by atoms with E-state index in [1.165, 1.54) is 11.3 Å². The Labute approximate surface area is 256 Å². The largest absolute Gasteiger partial charge is 0.499 e. The molecule has 4 nitrogen and oxygen atoms in total. The third-order valence-electron chi connectivity index (χ3n) is 7.25. The van der Waals surface area contributed by atoms with Gasteiger partial charge in [0.25, 0.3) is 0 Å². The second kappa shape index (κ2) is 12.6. The van der Waals surface area contributed by atoms with Crippen LogP contribution in [0.25, 0.3) is 21.2 Å². The van der Waals surface area contributed by atoms with E-state index in [4.69, 9.17) is 5.10 Å². The summed E-state index contributed by atoms with van der Waals surface area (Å²) < 4.78 is 1.80. The van der Waals surface area contributed by atoms with Crippen LogP contribution < -0.4 is 10.9 Å². The molecule has 6 heteroatoms. The highest BCUT2D eigenvalue weighted by molar-refractivity contribution is 9.10. The molecule has 0 aliphatic rings. The minimum atomic E-state index is -0.415. The van der Waals surface area contributed by atoms with E-state index in [0.717, 1.165) is 42.8 Å². The molecule has 1 atom stereocenters. The number of hydrazone groups is 1.